The molecule has 2 aromatic rings. The van der Waals surface area contributed by atoms with Crippen LogP contribution in [-0.4, -0.2) is 20.9 Å². The van der Waals surface area contributed by atoms with Gasteiger partial charge in [0.05, 0.1) is 16.8 Å². The summed E-state index contributed by atoms with van der Waals surface area (Å²) in [4.78, 5) is 10.9. The van der Waals surface area contributed by atoms with Crippen molar-refractivity contribution in [3.8, 4) is 11.1 Å². The lowest BCUT2D eigenvalue weighted by molar-refractivity contribution is -0.138. The standard InChI is InChI=1S/C13H11F3N2O2/c1-7-10(6-18(2)17-7)8-3-4-9(12(19)20)11(5-8)13(14,15)16/h3-6H,1-2H3,(H,19,20). The first-order valence-electron chi connectivity index (χ1n) is 5.65. The molecule has 0 aliphatic carbocycles. The van der Waals surface area contributed by atoms with Gasteiger partial charge in [-0.2, -0.15) is 18.3 Å². The minimum absolute atomic E-state index is 0.285. The fourth-order valence-corrected chi connectivity index (χ4v) is 2.02. The van der Waals surface area contributed by atoms with Crippen LogP contribution in [0.1, 0.15) is 21.6 Å². The van der Waals surface area contributed by atoms with Crippen molar-refractivity contribution in [2.45, 2.75) is 13.1 Å². The lowest BCUT2D eigenvalue weighted by atomic mass is 9.99. The predicted molar refractivity (Wildman–Crippen MR) is 65.3 cm³/mol. The Labute approximate surface area is 112 Å². The third-order valence-corrected chi connectivity index (χ3v) is 2.88. The second kappa shape index (κ2) is 4.66. The molecule has 0 fully saturated rings. The number of alkyl halides is 3. The summed E-state index contributed by atoms with van der Waals surface area (Å²) < 4.78 is 40.3. The minimum Gasteiger partial charge on any atom is -0.478 e. The maximum Gasteiger partial charge on any atom is 0.417 e. The fraction of sp³-hybridized carbons (Fsp3) is 0.231. The molecule has 0 unspecified atom stereocenters. The van der Waals surface area contributed by atoms with Crippen LogP contribution in [0.4, 0.5) is 13.2 Å². The monoisotopic (exact) mass is 284 g/mol. The van der Waals surface area contributed by atoms with Crippen molar-refractivity contribution in [3.63, 3.8) is 0 Å². The van der Waals surface area contributed by atoms with Gasteiger partial charge < -0.3 is 5.11 Å². The fourth-order valence-electron chi connectivity index (χ4n) is 2.02. The third-order valence-electron chi connectivity index (χ3n) is 2.88. The average molecular weight is 284 g/mol. The van der Waals surface area contributed by atoms with Crippen LogP contribution >= 0.6 is 0 Å². The van der Waals surface area contributed by atoms with E-state index in [9.17, 15) is 18.0 Å². The Morgan fingerprint density at radius 2 is 2.00 bits per heavy atom. The van der Waals surface area contributed by atoms with Crippen molar-refractivity contribution >= 4 is 5.97 Å². The lowest BCUT2D eigenvalue weighted by Gasteiger charge is -2.12. The summed E-state index contributed by atoms with van der Waals surface area (Å²) >= 11 is 0. The van der Waals surface area contributed by atoms with Crippen molar-refractivity contribution in [1.82, 2.24) is 9.78 Å². The van der Waals surface area contributed by atoms with Crippen LogP contribution in [0.5, 0.6) is 0 Å². The number of aromatic carboxylic acids is 1. The summed E-state index contributed by atoms with van der Waals surface area (Å²) in [5.74, 6) is -1.60. The zero-order valence-corrected chi connectivity index (χ0v) is 10.7. The normalized spacial score (nSPS) is 11.7. The number of hydrogen-bond acceptors (Lipinski definition) is 2. The molecule has 0 atom stereocenters. The Kier molecular flexibility index (Phi) is 3.29. The van der Waals surface area contributed by atoms with E-state index in [1.54, 1.807) is 20.2 Å². The molecule has 1 aromatic heterocycles. The molecule has 0 amide bonds. The number of hydrogen-bond donors (Lipinski definition) is 1. The summed E-state index contributed by atoms with van der Waals surface area (Å²) in [5.41, 5.74) is -0.528. The Morgan fingerprint density at radius 3 is 2.45 bits per heavy atom. The molecule has 20 heavy (non-hydrogen) atoms. The molecule has 1 aromatic carbocycles. The van der Waals surface area contributed by atoms with E-state index in [2.05, 4.69) is 5.10 Å². The topological polar surface area (TPSA) is 55.1 Å². The van der Waals surface area contributed by atoms with Gasteiger partial charge in [0.15, 0.2) is 0 Å². The maximum atomic E-state index is 12.9. The SMILES string of the molecule is Cc1nn(C)cc1-c1ccc(C(=O)O)c(C(F)(F)F)c1. The highest BCUT2D eigenvalue weighted by molar-refractivity contribution is 5.90. The van der Waals surface area contributed by atoms with Gasteiger partial charge in [-0.1, -0.05) is 6.07 Å². The van der Waals surface area contributed by atoms with Gasteiger partial charge in [-0.3, -0.25) is 4.68 Å². The Balaban J connectivity index is 2.64. The van der Waals surface area contributed by atoms with Gasteiger partial charge in [-0.25, -0.2) is 4.79 Å². The van der Waals surface area contributed by atoms with Gasteiger partial charge >= 0.3 is 12.1 Å². The van der Waals surface area contributed by atoms with E-state index in [4.69, 9.17) is 5.11 Å². The molecule has 7 heteroatoms. The van der Waals surface area contributed by atoms with Crippen LogP contribution in [0.25, 0.3) is 11.1 Å². The van der Waals surface area contributed by atoms with Crippen LogP contribution in [0.2, 0.25) is 0 Å². The molecule has 0 aliphatic rings. The molecule has 1 N–H and O–H groups in total. The quantitative estimate of drug-likeness (QED) is 0.921. The smallest absolute Gasteiger partial charge is 0.417 e. The molecule has 0 spiro atoms. The summed E-state index contributed by atoms with van der Waals surface area (Å²) in [6, 6.07) is 3.16. The number of aromatic nitrogens is 2. The summed E-state index contributed by atoms with van der Waals surface area (Å²) in [7, 11) is 1.66. The van der Waals surface area contributed by atoms with Crippen molar-refractivity contribution in [1.29, 1.82) is 0 Å². The lowest BCUT2D eigenvalue weighted by Crippen LogP contribution is -2.13. The van der Waals surface area contributed by atoms with Crippen LogP contribution in [0.15, 0.2) is 24.4 Å². The number of carboxylic acids is 1. The highest BCUT2D eigenvalue weighted by Gasteiger charge is 2.35. The van der Waals surface area contributed by atoms with Crippen molar-refractivity contribution < 1.29 is 23.1 Å². The summed E-state index contributed by atoms with van der Waals surface area (Å²) in [6.07, 6.45) is -3.13. The van der Waals surface area contributed by atoms with Crippen molar-refractivity contribution in [3.05, 3.63) is 41.2 Å². The molecule has 2 rings (SSSR count). The predicted octanol–water partition coefficient (Wildman–Crippen LogP) is 3.11. The van der Waals surface area contributed by atoms with E-state index in [0.717, 1.165) is 12.1 Å². The van der Waals surface area contributed by atoms with Crippen LogP contribution in [0, 0.1) is 6.92 Å². The molecule has 1 heterocycles. The molecule has 0 saturated heterocycles. The summed E-state index contributed by atoms with van der Waals surface area (Å²) in [5, 5.41) is 12.9. The molecular weight excluding hydrogens is 273 g/mol. The van der Waals surface area contributed by atoms with Gasteiger partial charge in [0.2, 0.25) is 0 Å². The zero-order valence-electron chi connectivity index (χ0n) is 10.7. The van der Waals surface area contributed by atoms with E-state index >= 15 is 0 Å². The van der Waals surface area contributed by atoms with Crippen molar-refractivity contribution in [2.24, 2.45) is 7.05 Å². The number of carboxylic acid groups (broad SMARTS) is 1. The first-order valence-corrected chi connectivity index (χ1v) is 5.65. The average Bonchev–Trinajstić information content (AvgIpc) is 2.66. The number of nitrogens with zero attached hydrogens (tertiary/aromatic N) is 2. The van der Waals surface area contributed by atoms with Crippen LogP contribution < -0.4 is 0 Å². The molecule has 0 aliphatic heterocycles. The highest BCUT2D eigenvalue weighted by Crippen LogP contribution is 2.35. The molecule has 4 nitrogen and oxygen atoms in total. The first kappa shape index (κ1) is 14.1. The van der Waals surface area contributed by atoms with E-state index in [-0.39, 0.29) is 5.56 Å². The maximum absolute atomic E-state index is 12.9. The number of carbonyl (C=O) groups is 1. The van der Waals surface area contributed by atoms with Crippen LogP contribution in [-0.2, 0) is 13.2 Å². The van der Waals surface area contributed by atoms with Gasteiger partial charge in [0, 0.05) is 18.8 Å². The van der Waals surface area contributed by atoms with Gasteiger partial charge in [-0.15, -0.1) is 0 Å². The number of rotatable bonds is 2. The van der Waals surface area contributed by atoms with Gasteiger partial charge in [0.25, 0.3) is 0 Å². The highest BCUT2D eigenvalue weighted by atomic mass is 19.4. The van der Waals surface area contributed by atoms with E-state index in [1.165, 1.54) is 10.7 Å². The minimum atomic E-state index is -4.72. The van der Waals surface area contributed by atoms with E-state index in [1.807, 2.05) is 0 Å². The number of halogens is 3. The second-order valence-electron chi connectivity index (χ2n) is 4.37. The largest absolute Gasteiger partial charge is 0.478 e. The Bertz CT molecular complexity index is 675. The number of aryl methyl sites for hydroxylation is 2. The molecule has 0 radical (unpaired) electrons. The third kappa shape index (κ3) is 2.52. The molecule has 0 bridgehead atoms. The number of benzene rings is 1. The molecular formula is C13H11F3N2O2. The first-order chi connectivity index (χ1) is 9.20. The summed E-state index contributed by atoms with van der Waals surface area (Å²) in [6.45, 7) is 1.67. The Hall–Kier alpha value is -2.31. The van der Waals surface area contributed by atoms with Gasteiger partial charge in [0.1, 0.15) is 0 Å². The zero-order chi connectivity index (χ0) is 15.1. The second-order valence-corrected chi connectivity index (χ2v) is 4.37. The van der Waals surface area contributed by atoms with Crippen molar-refractivity contribution in [2.75, 3.05) is 0 Å². The van der Waals surface area contributed by atoms with Crippen LogP contribution in [0.3, 0.4) is 0 Å². The van der Waals surface area contributed by atoms with E-state index < -0.39 is 23.3 Å². The van der Waals surface area contributed by atoms with Gasteiger partial charge in [-0.05, 0) is 24.6 Å². The molecule has 106 valence electrons. The Morgan fingerprint density at radius 1 is 1.35 bits per heavy atom. The van der Waals surface area contributed by atoms with E-state index in [0.29, 0.717) is 11.3 Å². The molecule has 0 saturated carbocycles.